The molecule has 7 nitrogen and oxygen atoms in total. The number of rotatable bonds is 4. The molecule has 2 aliphatic heterocycles. The number of sulfone groups is 1. The number of anilines is 1. The molecule has 144 valence electrons. The van der Waals surface area contributed by atoms with E-state index in [4.69, 9.17) is 0 Å². The van der Waals surface area contributed by atoms with Gasteiger partial charge in [0.05, 0.1) is 23.6 Å². The average Bonchev–Trinajstić information content (AvgIpc) is 2.61. The molecule has 0 aromatic carbocycles. The molecule has 26 heavy (non-hydrogen) atoms. The second-order valence-corrected chi connectivity index (χ2v) is 8.83. The predicted octanol–water partition coefficient (Wildman–Crippen LogP) is 0.339. The summed E-state index contributed by atoms with van der Waals surface area (Å²) in [6.45, 7) is 2.52. The van der Waals surface area contributed by atoms with Crippen LogP contribution in [0.2, 0.25) is 0 Å². The van der Waals surface area contributed by atoms with Crippen LogP contribution in [0, 0.1) is 0 Å². The minimum absolute atomic E-state index is 0.00680. The molecule has 0 aliphatic carbocycles. The van der Waals surface area contributed by atoms with E-state index in [0.717, 1.165) is 0 Å². The van der Waals surface area contributed by atoms with Gasteiger partial charge in [0.25, 0.3) is 12.3 Å². The van der Waals surface area contributed by atoms with Crippen molar-refractivity contribution in [1.82, 2.24) is 14.8 Å². The second-order valence-electron chi connectivity index (χ2n) is 6.53. The number of alkyl halides is 2. The molecule has 2 aliphatic rings. The highest BCUT2D eigenvalue weighted by Gasteiger charge is 2.26. The zero-order chi connectivity index (χ0) is 18.7. The molecule has 1 aromatic heterocycles. The highest BCUT2D eigenvalue weighted by Crippen LogP contribution is 2.16. The minimum Gasteiger partial charge on any atom is -0.354 e. The first-order valence-electron chi connectivity index (χ1n) is 8.55. The summed E-state index contributed by atoms with van der Waals surface area (Å²) in [5.74, 6) is 0.473. The van der Waals surface area contributed by atoms with E-state index in [-0.39, 0.29) is 37.0 Å². The molecule has 3 rings (SSSR count). The van der Waals surface area contributed by atoms with E-state index < -0.39 is 16.3 Å². The Morgan fingerprint density at radius 1 is 1.08 bits per heavy atom. The van der Waals surface area contributed by atoms with E-state index in [2.05, 4.69) is 4.98 Å². The summed E-state index contributed by atoms with van der Waals surface area (Å²) in [5.41, 5.74) is 0.421. The fourth-order valence-electron chi connectivity index (χ4n) is 3.15. The van der Waals surface area contributed by atoms with Crippen molar-refractivity contribution in [2.45, 2.75) is 6.43 Å². The number of piperazine rings is 1. The standard InChI is InChI=1S/C16H22F2N4O3S/c17-14(18)12-20-3-5-21(6-4-20)15-2-1-13(11-19-15)16(23)22-7-9-26(24,25)10-8-22/h1-2,11,14H,3-10,12H2. The number of pyridine rings is 1. The van der Waals surface area contributed by atoms with E-state index in [0.29, 0.717) is 37.6 Å². The number of halogens is 2. The fraction of sp³-hybridized carbons (Fsp3) is 0.625. The first kappa shape index (κ1) is 19.0. The normalized spacial score (nSPS) is 21.2. The number of carbonyl (C=O) groups excluding carboxylic acids is 1. The molecular formula is C16H22F2N4O3S. The Bertz CT molecular complexity index is 720. The molecule has 2 saturated heterocycles. The van der Waals surface area contributed by atoms with Crippen LogP contribution in [-0.2, 0) is 9.84 Å². The molecule has 1 aromatic rings. The Morgan fingerprint density at radius 2 is 1.73 bits per heavy atom. The molecular weight excluding hydrogens is 366 g/mol. The topological polar surface area (TPSA) is 73.8 Å². The van der Waals surface area contributed by atoms with Gasteiger partial charge in [0.15, 0.2) is 9.84 Å². The van der Waals surface area contributed by atoms with Crippen LogP contribution < -0.4 is 4.90 Å². The number of carbonyl (C=O) groups is 1. The maximum absolute atomic E-state index is 12.4. The van der Waals surface area contributed by atoms with Gasteiger partial charge >= 0.3 is 0 Å². The predicted molar refractivity (Wildman–Crippen MR) is 93.5 cm³/mol. The number of hydrogen-bond donors (Lipinski definition) is 0. The average molecular weight is 388 g/mol. The molecule has 0 atom stereocenters. The number of nitrogens with zero attached hydrogens (tertiary/aromatic N) is 4. The van der Waals surface area contributed by atoms with Crippen LogP contribution in [0.5, 0.6) is 0 Å². The summed E-state index contributed by atoms with van der Waals surface area (Å²) in [6.07, 6.45) is -0.832. The van der Waals surface area contributed by atoms with Crippen molar-refractivity contribution in [2.24, 2.45) is 0 Å². The van der Waals surface area contributed by atoms with Crippen LogP contribution in [0.15, 0.2) is 18.3 Å². The van der Waals surface area contributed by atoms with Gasteiger partial charge in [0.1, 0.15) is 5.82 Å². The van der Waals surface area contributed by atoms with Gasteiger partial charge in [-0.05, 0) is 12.1 Å². The van der Waals surface area contributed by atoms with Gasteiger partial charge in [-0.15, -0.1) is 0 Å². The lowest BCUT2D eigenvalue weighted by atomic mass is 10.2. The number of aromatic nitrogens is 1. The molecule has 3 heterocycles. The third-order valence-corrected chi connectivity index (χ3v) is 6.33. The van der Waals surface area contributed by atoms with Crippen LogP contribution in [0.25, 0.3) is 0 Å². The van der Waals surface area contributed by atoms with Crippen molar-refractivity contribution < 1.29 is 22.0 Å². The summed E-state index contributed by atoms with van der Waals surface area (Å²) in [4.78, 5) is 22.0. The Morgan fingerprint density at radius 3 is 2.27 bits per heavy atom. The van der Waals surface area contributed by atoms with Gasteiger partial charge in [-0.2, -0.15) is 0 Å². The molecule has 0 spiro atoms. The van der Waals surface area contributed by atoms with Crippen LogP contribution >= 0.6 is 0 Å². The first-order chi connectivity index (χ1) is 12.3. The van der Waals surface area contributed by atoms with Gasteiger partial charge in [-0.3, -0.25) is 9.69 Å². The third-order valence-electron chi connectivity index (χ3n) is 4.72. The Labute approximate surface area is 151 Å². The lowest BCUT2D eigenvalue weighted by Crippen LogP contribution is -2.48. The van der Waals surface area contributed by atoms with Gasteiger partial charge < -0.3 is 9.80 Å². The lowest BCUT2D eigenvalue weighted by molar-refractivity contribution is 0.0769. The molecule has 1 amide bonds. The van der Waals surface area contributed by atoms with Crippen LogP contribution in [0.3, 0.4) is 0 Å². The fourth-order valence-corrected chi connectivity index (χ4v) is 4.35. The summed E-state index contributed by atoms with van der Waals surface area (Å²) in [6, 6.07) is 3.43. The van der Waals surface area contributed by atoms with Crippen LogP contribution in [-0.4, -0.2) is 92.9 Å². The first-order valence-corrected chi connectivity index (χ1v) is 10.4. The molecule has 0 saturated carbocycles. The highest BCUT2D eigenvalue weighted by atomic mass is 32.2. The third kappa shape index (κ3) is 4.67. The Kier molecular flexibility index (Phi) is 5.71. The van der Waals surface area contributed by atoms with Crippen molar-refractivity contribution in [3.8, 4) is 0 Å². The maximum atomic E-state index is 12.4. The van der Waals surface area contributed by atoms with Crippen molar-refractivity contribution in [3.05, 3.63) is 23.9 Å². The van der Waals surface area contributed by atoms with E-state index in [1.807, 2.05) is 4.90 Å². The van der Waals surface area contributed by atoms with Crippen molar-refractivity contribution in [1.29, 1.82) is 0 Å². The van der Waals surface area contributed by atoms with Crippen LogP contribution in [0.4, 0.5) is 14.6 Å². The SMILES string of the molecule is O=C(c1ccc(N2CCN(CC(F)F)CC2)nc1)N1CCS(=O)(=O)CC1. The maximum Gasteiger partial charge on any atom is 0.255 e. The summed E-state index contributed by atoms with van der Waals surface area (Å²) >= 11 is 0. The second kappa shape index (κ2) is 7.83. The van der Waals surface area contributed by atoms with E-state index >= 15 is 0 Å². The van der Waals surface area contributed by atoms with E-state index in [1.54, 1.807) is 17.0 Å². The molecule has 0 bridgehead atoms. The van der Waals surface area contributed by atoms with Gasteiger partial charge in [0, 0.05) is 45.5 Å². The van der Waals surface area contributed by atoms with Gasteiger partial charge in [0.2, 0.25) is 0 Å². The Hall–Kier alpha value is -1.81. The molecule has 2 fully saturated rings. The summed E-state index contributed by atoms with van der Waals surface area (Å²) in [5, 5.41) is 0. The monoisotopic (exact) mass is 388 g/mol. The van der Waals surface area contributed by atoms with E-state index in [9.17, 15) is 22.0 Å². The number of hydrogen-bond acceptors (Lipinski definition) is 6. The van der Waals surface area contributed by atoms with Crippen molar-refractivity contribution >= 4 is 21.6 Å². The quantitative estimate of drug-likeness (QED) is 0.741. The molecule has 0 unspecified atom stereocenters. The molecule has 10 heteroatoms. The molecule has 0 radical (unpaired) electrons. The highest BCUT2D eigenvalue weighted by molar-refractivity contribution is 7.91. The lowest BCUT2D eigenvalue weighted by Gasteiger charge is -2.35. The number of amides is 1. The minimum atomic E-state index is -3.03. The van der Waals surface area contributed by atoms with Crippen molar-refractivity contribution in [3.63, 3.8) is 0 Å². The zero-order valence-corrected chi connectivity index (χ0v) is 15.2. The van der Waals surface area contributed by atoms with E-state index in [1.165, 1.54) is 11.1 Å². The Balaban J connectivity index is 1.56. The summed E-state index contributed by atoms with van der Waals surface area (Å²) < 4.78 is 47.7. The molecule has 0 N–H and O–H groups in total. The smallest absolute Gasteiger partial charge is 0.255 e. The summed E-state index contributed by atoms with van der Waals surface area (Å²) in [7, 11) is -3.03. The van der Waals surface area contributed by atoms with Crippen LogP contribution in [0.1, 0.15) is 10.4 Å². The van der Waals surface area contributed by atoms with Gasteiger partial charge in [-0.25, -0.2) is 22.2 Å². The van der Waals surface area contributed by atoms with Gasteiger partial charge in [-0.1, -0.05) is 0 Å². The zero-order valence-electron chi connectivity index (χ0n) is 14.4. The largest absolute Gasteiger partial charge is 0.354 e. The van der Waals surface area contributed by atoms with Crippen molar-refractivity contribution in [2.75, 3.05) is 62.2 Å².